The number of hydrogen-bond acceptors (Lipinski definition) is 3. The van der Waals surface area contributed by atoms with Crippen molar-refractivity contribution in [3.63, 3.8) is 0 Å². The second-order valence-corrected chi connectivity index (χ2v) is 6.35. The molecule has 2 rings (SSSR count). The molecule has 2 heterocycles. The van der Waals surface area contributed by atoms with Crippen LogP contribution in [0, 0.1) is 0 Å². The lowest BCUT2D eigenvalue weighted by Gasteiger charge is -2.34. The molecule has 104 valence electrons. The number of rotatable bonds is 2. The Hall–Kier alpha value is -0.810. The molecule has 0 aromatic heterocycles. The maximum Gasteiger partial charge on any atom is 0.189 e. The van der Waals surface area contributed by atoms with Crippen LogP contribution < -0.4 is 11.1 Å². The van der Waals surface area contributed by atoms with Gasteiger partial charge in [-0.05, 0) is 40.2 Å². The van der Waals surface area contributed by atoms with Crippen molar-refractivity contribution in [1.29, 1.82) is 0 Å². The summed E-state index contributed by atoms with van der Waals surface area (Å²) in [5.74, 6) is 0.509. The molecule has 2 aliphatic rings. The first kappa shape index (κ1) is 13.6. The van der Waals surface area contributed by atoms with Crippen LogP contribution in [-0.4, -0.2) is 54.8 Å². The van der Waals surface area contributed by atoms with Gasteiger partial charge in [0.05, 0.1) is 19.3 Å². The monoisotopic (exact) mass is 254 g/mol. The van der Waals surface area contributed by atoms with Gasteiger partial charge in [-0.1, -0.05) is 0 Å². The van der Waals surface area contributed by atoms with Gasteiger partial charge in [-0.2, -0.15) is 0 Å². The number of guanidine groups is 1. The zero-order chi connectivity index (χ0) is 13.2. The van der Waals surface area contributed by atoms with E-state index in [1.807, 2.05) is 0 Å². The van der Waals surface area contributed by atoms with Crippen molar-refractivity contribution in [2.75, 3.05) is 26.2 Å². The maximum atomic E-state index is 5.85. The van der Waals surface area contributed by atoms with Crippen molar-refractivity contribution in [1.82, 2.24) is 10.2 Å². The molecule has 5 nitrogen and oxygen atoms in total. The zero-order valence-electron chi connectivity index (χ0n) is 11.8. The largest absolute Gasteiger partial charge is 0.373 e. The molecule has 0 bridgehead atoms. The van der Waals surface area contributed by atoms with Gasteiger partial charge in [0, 0.05) is 18.1 Å². The molecule has 0 aromatic carbocycles. The molecule has 0 saturated carbocycles. The van der Waals surface area contributed by atoms with Gasteiger partial charge in [0.2, 0.25) is 0 Å². The molecule has 18 heavy (non-hydrogen) atoms. The van der Waals surface area contributed by atoms with E-state index in [0.717, 1.165) is 13.2 Å². The van der Waals surface area contributed by atoms with Crippen LogP contribution >= 0.6 is 0 Å². The van der Waals surface area contributed by atoms with Crippen molar-refractivity contribution in [3.05, 3.63) is 0 Å². The lowest BCUT2D eigenvalue weighted by atomic mass is 10.1. The summed E-state index contributed by atoms with van der Waals surface area (Å²) in [4.78, 5) is 6.90. The average molecular weight is 254 g/mol. The van der Waals surface area contributed by atoms with Crippen molar-refractivity contribution in [2.24, 2.45) is 10.7 Å². The Labute approximate surface area is 110 Å². The summed E-state index contributed by atoms with van der Waals surface area (Å²) in [5.41, 5.74) is 5.81. The Morgan fingerprint density at radius 2 is 2.28 bits per heavy atom. The summed E-state index contributed by atoms with van der Waals surface area (Å²) in [6.07, 6.45) is 2.78. The van der Waals surface area contributed by atoms with Gasteiger partial charge in [0.15, 0.2) is 5.96 Å². The Bertz CT molecular complexity index is 311. The summed E-state index contributed by atoms with van der Waals surface area (Å²) >= 11 is 0. The van der Waals surface area contributed by atoms with Crippen molar-refractivity contribution in [2.45, 2.75) is 51.3 Å². The van der Waals surface area contributed by atoms with E-state index in [1.54, 1.807) is 0 Å². The van der Waals surface area contributed by atoms with E-state index >= 15 is 0 Å². The van der Waals surface area contributed by atoms with Crippen LogP contribution in [0.5, 0.6) is 0 Å². The highest BCUT2D eigenvalue weighted by molar-refractivity contribution is 5.78. The normalized spacial score (nSPS) is 30.3. The number of fused-ring (bicyclic) bond motifs is 1. The molecule has 5 heteroatoms. The molecule has 0 aromatic rings. The minimum absolute atomic E-state index is 0.0406. The first-order valence-electron chi connectivity index (χ1n) is 6.88. The van der Waals surface area contributed by atoms with Gasteiger partial charge in [-0.25, -0.2) is 0 Å². The van der Waals surface area contributed by atoms with Crippen molar-refractivity contribution in [3.8, 4) is 0 Å². The molecule has 0 amide bonds. The fourth-order valence-corrected chi connectivity index (χ4v) is 2.62. The highest BCUT2D eigenvalue weighted by atomic mass is 16.5. The second kappa shape index (κ2) is 5.45. The smallest absolute Gasteiger partial charge is 0.189 e. The van der Waals surface area contributed by atoms with Crippen LogP contribution in [0.3, 0.4) is 0 Å². The third kappa shape index (κ3) is 3.85. The van der Waals surface area contributed by atoms with E-state index in [4.69, 9.17) is 10.5 Å². The molecule has 0 aliphatic carbocycles. The minimum Gasteiger partial charge on any atom is -0.373 e. The standard InChI is InChI=1S/C13H26N4O/c1-13(2,3)16-12(14)15-7-11-8-17-6-4-5-10(17)9-18-11/h10-11H,4-9H2,1-3H3,(H3,14,15,16). The highest BCUT2D eigenvalue weighted by Crippen LogP contribution is 2.22. The Morgan fingerprint density at radius 3 is 3.00 bits per heavy atom. The Kier molecular flexibility index (Phi) is 4.12. The van der Waals surface area contributed by atoms with Crippen LogP contribution in [0.4, 0.5) is 0 Å². The number of nitrogens with two attached hydrogens (primary N) is 1. The number of aliphatic imine (C=N–C) groups is 1. The van der Waals surface area contributed by atoms with Crippen molar-refractivity contribution >= 4 is 5.96 Å². The van der Waals surface area contributed by atoms with E-state index < -0.39 is 0 Å². The van der Waals surface area contributed by atoms with Gasteiger partial charge >= 0.3 is 0 Å². The van der Waals surface area contributed by atoms with E-state index in [9.17, 15) is 0 Å². The molecule has 2 atom stereocenters. The number of ether oxygens (including phenoxy) is 1. The van der Waals surface area contributed by atoms with Gasteiger partial charge in [-0.15, -0.1) is 0 Å². The molecule has 3 N–H and O–H groups in total. The fraction of sp³-hybridized carbons (Fsp3) is 0.923. The predicted octanol–water partition coefficient (Wildman–Crippen LogP) is 0.552. The van der Waals surface area contributed by atoms with Gasteiger partial charge in [0.1, 0.15) is 0 Å². The summed E-state index contributed by atoms with van der Waals surface area (Å²) < 4.78 is 5.84. The van der Waals surface area contributed by atoms with Crippen molar-refractivity contribution < 1.29 is 4.74 Å². The maximum absolute atomic E-state index is 5.85. The summed E-state index contributed by atoms with van der Waals surface area (Å²) in [5, 5.41) is 3.16. The third-order valence-electron chi connectivity index (χ3n) is 3.43. The average Bonchev–Trinajstić information content (AvgIpc) is 2.71. The lowest BCUT2D eigenvalue weighted by Crippen LogP contribution is -2.48. The van der Waals surface area contributed by atoms with Crippen LogP contribution in [0.15, 0.2) is 4.99 Å². The fourth-order valence-electron chi connectivity index (χ4n) is 2.62. The molecule has 2 fully saturated rings. The number of nitrogens with zero attached hydrogens (tertiary/aromatic N) is 2. The van der Waals surface area contributed by atoms with Crippen LogP contribution in [0.25, 0.3) is 0 Å². The van der Waals surface area contributed by atoms with Gasteiger partial charge < -0.3 is 15.8 Å². The SMILES string of the molecule is CC(C)(C)NC(N)=NCC1CN2CCCC2CO1. The number of morpholine rings is 1. The molecular formula is C13H26N4O. The Balaban J connectivity index is 1.78. The molecular weight excluding hydrogens is 228 g/mol. The minimum atomic E-state index is -0.0406. The van der Waals surface area contributed by atoms with Crippen LogP contribution in [0.1, 0.15) is 33.6 Å². The molecule has 2 unspecified atom stereocenters. The van der Waals surface area contributed by atoms with Crippen LogP contribution in [-0.2, 0) is 4.74 Å². The molecule has 0 spiro atoms. The highest BCUT2D eigenvalue weighted by Gasteiger charge is 2.31. The van der Waals surface area contributed by atoms with E-state index in [0.29, 0.717) is 18.5 Å². The second-order valence-electron chi connectivity index (χ2n) is 6.35. The number of nitrogens with one attached hydrogen (secondary N) is 1. The van der Waals surface area contributed by atoms with Gasteiger partial charge in [0.25, 0.3) is 0 Å². The third-order valence-corrected chi connectivity index (χ3v) is 3.43. The molecule has 2 saturated heterocycles. The Morgan fingerprint density at radius 1 is 1.50 bits per heavy atom. The summed E-state index contributed by atoms with van der Waals surface area (Å²) in [7, 11) is 0. The molecule has 0 radical (unpaired) electrons. The van der Waals surface area contributed by atoms with E-state index in [2.05, 4.69) is 36.0 Å². The lowest BCUT2D eigenvalue weighted by molar-refractivity contribution is -0.0432. The van der Waals surface area contributed by atoms with Crippen LogP contribution in [0.2, 0.25) is 0 Å². The summed E-state index contributed by atoms with van der Waals surface area (Å²) in [6.45, 7) is 9.93. The number of hydrogen-bond donors (Lipinski definition) is 2. The first-order valence-corrected chi connectivity index (χ1v) is 6.88. The summed E-state index contributed by atoms with van der Waals surface area (Å²) in [6, 6.07) is 0.648. The van der Waals surface area contributed by atoms with Gasteiger partial charge in [-0.3, -0.25) is 9.89 Å². The van der Waals surface area contributed by atoms with E-state index in [-0.39, 0.29) is 11.6 Å². The predicted molar refractivity (Wildman–Crippen MR) is 73.7 cm³/mol. The van der Waals surface area contributed by atoms with E-state index in [1.165, 1.54) is 19.4 Å². The first-order chi connectivity index (χ1) is 8.44. The topological polar surface area (TPSA) is 62.9 Å². The molecule has 2 aliphatic heterocycles. The quantitative estimate of drug-likeness (QED) is 0.558. The zero-order valence-corrected chi connectivity index (χ0v) is 11.8.